The fourth-order valence-electron chi connectivity index (χ4n) is 2.64. The van der Waals surface area contributed by atoms with Crippen molar-refractivity contribution in [3.63, 3.8) is 0 Å². The molecule has 1 atom stereocenters. The van der Waals surface area contributed by atoms with E-state index in [0.29, 0.717) is 10.9 Å². The van der Waals surface area contributed by atoms with Crippen molar-refractivity contribution in [1.82, 2.24) is 10.3 Å². The van der Waals surface area contributed by atoms with E-state index in [1.165, 1.54) is 11.8 Å². The van der Waals surface area contributed by atoms with Crippen LogP contribution in [0.15, 0.2) is 63.2 Å². The van der Waals surface area contributed by atoms with Crippen LogP contribution in [0, 0.1) is 0 Å². The van der Waals surface area contributed by atoms with Crippen LogP contribution in [0.3, 0.4) is 0 Å². The van der Waals surface area contributed by atoms with E-state index in [4.69, 9.17) is 9.41 Å². The van der Waals surface area contributed by atoms with E-state index in [1.807, 2.05) is 54.8 Å². The van der Waals surface area contributed by atoms with Gasteiger partial charge in [-0.15, -0.1) is 5.10 Å². The highest BCUT2D eigenvalue weighted by molar-refractivity contribution is 8.13. The lowest BCUT2D eigenvalue weighted by Crippen LogP contribution is -2.52. The first-order valence-corrected chi connectivity index (χ1v) is 8.61. The molecule has 1 amide bonds. The Kier molecular flexibility index (Phi) is 3.70. The Bertz CT molecular complexity index is 963. The Labute approximate surface area is 142 Å². The van der Waals surface area contributed by atoms with Crippen molar-refractivity contribution in [2.75, 3.05) is 6.26 Å². The second-order valence-electron chi connectivity index (χ2n) is 5.19. The summed E-state index contributed by atoms with van der Waals surface area (Å²) in [6.45, 7) is 0. The number of benzene rings is 1. The van der Waals surface area contributed by atoms with Gasteiger partial charge in [-0.05, 0) is 36.6 Å². The van der Waals surface area contributed by atoms with Gasteiger partial charge in [0, 0.05) is 5.22 Å². The predicted molar refractivity (Wildman–Crippen MR) is 93.1 cm³/mol. The summed E-state index contributed by atoms with van der Waals surface area (Å²) in [7, 11) is 0. The molecule has 0 saturated heterocycles. The van der Waals surface area contributed by atoms with Crippen LogP contribution in [0.1, 0.15) is 5.76 Å². The molecule has 7 heteroatoms. The maximum Gasteiger partial charge on any atom is 0.276 e. The minimum absolute atomic E-state index is 0.173. The first-order chi connectivity index (χ1) is 11.8. The standard InChI is InChI=1S/C17H14N4O2S/c1-24-17-19-16(22)15-12-6-2-3-7-13(12)18-14(21(15)20-17)9-8-11-5-4-10-23-11/h2-10,14H,1H3,(H,19,20,22)/b9-8+/t14-/m1/s1. The number of amides is 1. The number of carbonyl (C=O) groups excluding carboxylic acids is 1. The van der Waals surface area contributed by atoms with Crippen molar-refractivity contribution in [2.24, 2.45) is 10.1 Å². The summed E-state index contributed by atoms with van der Waals surface area (Å²) in [5.41, 5.74) is 0.507. The second-order valence-corrected chi connectivity index (χ2v) is 5.99. The van der Waals surface area contributed by atoms with E-state index >= 15 is 0 Å². The van der Waals surface area contributed by atoms with E-state index in [9.17, 15) is 4.79 Å². The zero-order valence-corrected chi connectivity index (χ0v) is 13.7. The average molecular weight is 338 g/mol. The van der Waals surface area contributed by atoms with E-state index in [1.54, 1.807) is 11.3 Å². The summed E-state index contributed by atoms with van der Waals surface area (Å²) < 4.78 is 5.32. The lowest BCUT2D eigenvalue weighted by atomic mass is 10.1. The molecular formula is C17H14N4O2S. The van der Waals surface area contributed by atoms with Crippen LogP contribution < -0.4 is 15.9 Å². The lowest BCUT2D eigenvalue weighted by molar-refractivity contribution is -0.116. The quantitative estimate of drug-likeness (QED) is 0.891. The number of hydrogen-bond acceptors (Lipinski definition) is 6. The van der Waals surface area contributed by atoms with Gasteiger partial charge in [-0.2, -0.15) is 0 Å². The molecule has 0 unspecified atom stereocenters. The van der Waals surface area contributed by atoms with Gasteiger partial charge in [0.1, 0.15) is 11.5 Å². The summed E-state index contributed by atoms with van der Waals surface area (Å²) >= 11 is 1.38. The minimum atomic E-state index is -0.409. The second kappa shape index (κ2) is 6.01. The van der Waals surface area contributed by atoms with E-state index in [2.05, 4.69) is 10.4 Å². The summed E-state index contributed by atoms with van der Waals surface area (Å²) in [6, 6.07) is 11.3. The Morgan fingerprint density at radius 2 is 2.17 bits per heavy atom. The molecule has 6 nitrogen and oxygen atoms in total. The van der Waals surface area contributed by atoms with Gasteiger partial charge in [-0.1, -0.05) is 30.0 Å². The highest BCUT2D eigenvalue weighted by Crippen LogP contribution is 2.21. The molecule has 3 heterocycles. The third kappa shape index (κ3) is 2.52. The molecule has 2 aliphatic rings. The van der Waals surface area contributed by atoms with Crippen molar-refractivity contribution in [3.8, 4) is 0 Å². The van der Waals surface area contributed by atoms with Gasteiger partial charge in [-0.3, -0.25) is 15.1 Å². The number of hydrazone groups is 1. The maximum absolute atomic E-state index is 12.6. The van der Waals surface area contributed by atoms with Gasteiger partial charge in [0.2, 0.25) is 0 Å². The van der Waals surface area contributed by atoms with Crippen LogP contribution in [-0.2, 0) is 4.79 Å². The molecule has 0 bridgehead atoms. The zero-order chi connectivity index (χ0) is 16.5. The van der Waals surface area contributed by atoms with Crippen molar-refractivity contribution in [3.05, 3.63) is 65.1 Å². The Morgan fingerprint density at radius 1 is 1.29 bits per heavy atom. The highest BCUT2D eigenvalue weighted by Gasteiger charge is 2.32. The summed E-state index contributed by atoms with van der Waals surface area (Å²) in [5, 5.41) is 11.1. The minimum Gasteiger partial charge on any atom is -0.465 e. The largest absolute Gasteiger partial charge is 0.465 e. The number of carbonyl (C=O) groups is 1. The van der Waals surface area contributed by atoms with Gasteiger partial charge in [0.15, 0.2) is 11.3 Å². The van der Waals surface area contributed by atoms with Gasteiger partial charge >= 0.3 is 0 Å². The molecule has 0 spiro atoms. The molecular weight excluding hydrogens is 324 g/mol. The third-order valence-corrected chi connectivity index (χ3v) is 4.28. The summed E-state index contributed by atoms with van der Waals surface area (Å²) in [6.07, 6.45) is 6.78. The average Bonchev–Trinajstić information content (AvgIpc) is 3.12. The van der Waals surface area contributed by atoms with Gasteiger partial charge in [0.25, 0.3) is 5.91 Å². The van der Waals surface area contributed by atoms with Crippen molar-refractivity contribution in [2.45, 2.75) is 6.17 Å². The number of nitrogens with one attached hydrogen (secondary N) is 1. The summed E-state index contributed by atoms with van der Waals surface area (Å²) in [5.74, 6) is 0.550. The van der Waals surface area contributed by atoms with Crippen LogP contribution in [0.2, 0.25) is 0 Å². The first-order valence-electron chi connectivity index (χ1n) is 7.38. The number of hydrogen-bond donors (Lipinski definition) is 1. The first kappa shape index (κ1) is 14.8. The van der Waals surface area contributed by atoms with Crippen LogP contribution in [0.4, 0.5) is 0 Å². The van der Waals surface area contributed by atoms with Crippen LogP contribution in [-0.4, -0.2) is 28.5 Å². The Hall–Kier alpha value is -2.80. The zero-order valence-electron chi connectivity index (χ0n) is 12.8. The molecule has 120 valence electrons. The number of fused-ring (bicyclic) bond motifs is 2. The van der Waals surface area contributed by atoms with Gasteiger partial charge in [-0.25, -0.2) is 5.01 Å². The van der Waals surface area contributed by atoms with Crippen LogP contribution in [0.25, 0.3) is 11.8 Å². The molecule has 2 aliphatic heterocycles. The van der Waals surface area contributed by atoms with Crippen molar-refractivity contribution in [1.29, 1.82) is 0 Å². The molecule has 0 radical (unpaired) electrons. The smallest absolute Gasteiger partial charge is 0.276 e. The SMILES string of the molecule is CSC1=NN2C(=c3ccccc3=N[C@H]2/C=C/c2ccco2)C(=O)N1. The molecule has 0 fully saturated rings. The number of furan rings is 1. The number of amidine groups is 1. The molecule has 0 saturated carbocycles. The van der Waals surface area contributed by atoms with E-state index in [0.717, 1.165) is 16.3 Å². The van der Waals surface area contributed by atoms with Crippen LogP contribution >= 0.6 is 11.8 Å². The number of rotatable bonds is 2. The molecule has 0 aliphatic carbocycles. The third-order valence-electron chi connectivity index (χ3n) is 3.71. The summed E-state index contributed by atoms with van der Waals surface area (Å²) in [4.78, 5) is 17.3. The van der Waals surface area contributed by atoms with Crippen molar-refractivity contribution >= 4 is 34.6 Å². The molecule has 1 aromatic heterocycles. The van der Waals surface area contributed by atoms with E-state index < -0.39 is 6.17 Å². The van der Waals surface area contributed by atoms with Crippen LogP contribution in [0.5, 0.6) is 0 Å². The number of thioether (sulfide) groups is 1. The lowest BCUT2D eigenvalue weighted by Gasteiger charge is -2.32. The normalized spacial score (nSPS) is 19.5. The van der Waals surface area contributed by atoms with Gasteiger partial charge in [0.05, 0.1) is 11.6 Å². The monoisotopic (exact) mass is 338 g/mol. The van der Waals surface area contributed by atoms with Crippen molar-refractivity contribution < 1.29 is 9.21 Å². The Morgan fingerprint density at radius 3 is 2.96 bits per heavy atom. The molecule has 2 aromatic rings. The van der Waals surface area contributed by atoms with Gasteiger partial charge < -0.3 is 4.42 Å². The molecule has 1 aromatic carbocycles. The topological polar surface area (TPSA) is 70.2 Å². The van der Waals surface area contributed by atoms with E-state index in [-0.39, 0.29) is 5.91 Å². The maximum atomic E-state index is 12.6. The fourth-order valence-corrected chi connectivity index (χ4v) is 3.00. The molecule has 24 heavy (non-hydrogen) atoms. The number of nitrogens with zero attached hydrogens (tertiary/aromatic N) is 3. The highest BCUT2D eigenvalue weighted by atomic mass is 32.2. The molecule has 1 N–H and O–H groups in total. The predicted octanol–water partition coefficient (Wildman–Crippen LogP) is 1.13. The fraction of sp³-hybridized carbons (Fsp3) is 0.118. The molecule has 4 rings (SSSR count). The number of para-hydroxylation sites is 1. The Balaban J connectivity index is 1.86.